The predicted molar refractivity (Wildman–Crippen MR) is 52.2 cm³/mol. The molecule has 0 fully saturated rings. The molecule has 1 aromatic carbocycles. The van der Waals surface area contributed by atoms with Crippen molar-refractivity contribution < 1.29 is 9.57 Å². The van der Waals surface area contributed by atoms with Gasteiger partial charge in [0.15, 0.2) is 0 Å². The number of methoxy groups -OCH3 is 1. The molecule has 0 aromatic heterocycles. The maximum Gasteiger partial charge on any atom is 0.119 e. The van der Waals surface area contributed by atoms with Crippen molar-refractivity contribution in [2.75, 3.05) is 13.7 Å². The fraction of sp³-hybridized carbons (Fsp3) is 0.200. The van der Waals surface area contributed by atoms with Gasteiger partial charge in [0.05, 0.1) is 13.7 Å². The first kappa shape index (κ1) is 9.77. The van der Waals surface area contributed by atoms with Crippen molar-refractivity contribution in [3.63, 3.8) is 0 Å². The predicted octanol–water partition coefficient (Wildman–Crippen LogP) is 1.60. The maximum atomic E-state index is 5.07. The number of hydrogen-bond acceptors (Lipinski definition) is 3. The van der Waals surface area contributed by atoms with Gasteiger partial charge in [-0.3, -0.25) is 0 Å². The molecule has 2 N–H and O–H groups in total. The molecule has 3 heteroatoms. The third kappa shape index (κ3) is 3.27. The Balaban J connectivity index is 2.66. The molecule has 0 bridgehead atoms. The van der Waals surface area contributed by atoms with Gasteiger partial charge in [0.1, 0.15) is 5.75 Å². The molecule has 70 valence electrons. The van der Waals surface area contributed by atoms with E-state index in [-0.39, 0.29) is 0 Å². The molecular weight excluding hydrogens is 166 g/mol. The summed E-state index contributed by atoms with van der Waals surface area (Å²) in [5.74, 6) is 5.72. The summed E-state index contributed by atoms with van der Waals surface area (Å²) >= 11 is 0. The van der Waals surface area contributed by atoms with Crippen LogP contribution in [0.2, 0.25) is 0 Å². The fourth-order valence-corrected chi connectivity index (χ4v) is 0.985. The summed E-state index contributed by atoms with van der Waals surface area (Å²) in [6, 6.07) is 7.75. The highest BCUT2D eigenvalue weighted by Gasteiger charge is 1.90. The second kappa shape index (κ2) is 5.35. The maximum absolute atomic E-state index is 5.07. The van der Waals surface area contributed by atoms with E-state index in [9.17, 15) is 0 Å². The molecule has 3 nitrogen and oxygen atoms in total. The van der Waals surface area contributed by atoms with Crippen molar-refractivity contribution in [2.24, 2.45) is 5.90 Å². The van der Waals surface area contributed by atoms with E-state index in [0.717, 1.165) is 11.3 Å². The summed E-state index contributed by atoms with van der Waals surface area (Å²) in [5.41, 5.74) is 1.07. The van der Waals surface area contributed by atoms with Crippen LogP contribution >= 0.6 is 0 Å². The summed E-state index contributed by atoms with van der Waals surface area (Å²) in [6.07, 6.45) is 3.77. The summed E-state index contributed by atoms with van der Waals surface area (Å²) in [6.45, 7) is 0.414. The van der Waals surface area contributed by atoms with Gasteiger partial charge >= 0.3 is 0 Å². The number of hydrogen-bond donors (Lipinski definition) is 1. The van der Waals surface area contributed by atoms with Gasteiger partial charge in [0.2, 0.25) is 0 Å². The molecule has 0 radical (unpaired) electrons. The Morgan fingerprint density at radius 2 is 2.31 bits per heavy atom. The molecule has 0 aliphatic heterocycles. The number of rotatable bonds is 4. The lowest BCUT2D eigenvalue weighted by molar-refractivity contribution is 0.168. The van der Waals surface area contributed by atoms with Crippen LogP contribution in [0, 0.1) is 0 Å². The van der Waals surface area contributed by atoms with E-state index < -0.39 is 0 Å². The van der Waals surface area contributed by atoms with Crippen LogP contribution in [0.5, 0.6) is 5.75 Å². The van der Waals surface area contributed by atoms with Crippen molar-refractivity contribution in [1.82, 2.24) is 0 Å². The SMILES string of the molecule is COc1cccc(C=CCON)c1. The van der Waals surface area contributed by atoms with E-state index in [1.807, 2.05) is 36.4 Å². The second-order valence-electron chi connectivity index (χ2n) is 2.51. The summed E-state index contributed by atoms with van der Waals surface area (Å²) in [4.78, 5) is 4.40. The second-order valence-corrected chi connectivity index (χ2v) is 2.51. The van der Waals surface area contributed by atoms with E-state index in [2.05, 4.69) is 4.84 Å². The first-order valence-corrected chi connectivity index (χ1v) is 3.99. The average Bonchev–Trinajstić information content (AvgIpc) is 2.19. The van der Waals surface area contributed by atoms with E-state index >= 15 is 0 Å². The van der Waals surface area contributed by atoms with Crippen LogP contribution in [0.1, 0.15) is 5.56 Å². The van der Waals surface area contributed by atoms with E-state index in [1.165, 1.54) is 0 Å². The van der Waals surface area contributed by atoms with E-state index in [4.69, 9.17) is 10.6 Å². The lowest BCUT2D eigenvalue weighted by Gasteiger charge is -1.99. The van der Waals surface area contributed by atoms with Crippen LogP contribution in [0.4, 0.5) is 0 Å². The van der Waals surface area contributed by atoms with Gasteiger partial charge in [0.25, 0.3) is 0 Å². The van der Waals surface area contributed by atoms with Crippen molar-refractivity contribution in [2.45, 2.75) is 0 Å². The molecule has 0 saturated carbocycles. The Morgan fingerprint density at radius 1 is 1.46 bits per heavy atom. The smallest absolute Gasteiger partial charge is 0.119 e. The molecule has 1 rings (SSSR count). The van der Waals surface area contributed by atoms with Crippen molar-refractivity contribution >= 4 is 6.08 Å². The van der Waals surface area contributed by atoms with Crippen LogP contribution in [-0.4, -0.2) is 13.7 Å². The van der Waals surface area contributed by atoms with E-state index in [0.29, 0.717) is 6.61 Å². The normalized spacial score (nSPS) is 10.6. The van der Waals surface area contributed by atoms with Crippen LogP contribution < -0.4 is 10.6 Å². The molecular formula is C10H13NO2. The topological polar surface area (TPSA) is 44.5 Å². The first-order chi connectivity index (χ1) is 6.36. The zero-order valence-corrected chi connectivity index (χ0v) is 7.57. The number of ether oxygens (including phenoxy) is 1. The van der Waals surface area contributed by atoms with Gasteiger partial charge in [-0.15, -0.1) is 0 Å². The molecule has 0 aliphatic rings. The standard InChI is InChI=1S/C10H13NO2/c1-12-10-6-2-4-9(8-10)5-3-7-13-11/h2-6,8H,7,11H2,1H3. The van der Waals surface area contributed by atoms with E-state index in [1.54, 1.807) is 7.11 Å². The minimum absolute atomic E-state index is 0.414. The molecule has 0 saturated heterocycles. The first-order valence-electron chi connectivity index (χ1n) is 3.99. The Labute approximate surface area is 77.7 Å². The quantitative estimate of drug-likeness (QED) is 0.714. The summed E-state index contributed by atoms with van der Waals surface area (Å²) in [5, 5.41) is 0. The van der Waals surface area contributed by atoms with Gasteiger partial charge < -0.3 is 9.57 Å². The minimum Gasteiger partial charge on any atom is -0.497 e. The van der Waals surface area contributed by atoms with Gasteiger partial charge in [-0.1, -0.05) is 24.3 Å². The zero-order chi connectivity index (χ0) is 9.52. The molecule has 0 spiro atoms. The van der Waals surface area contributed by atoms with Crippen molar-refractivity contribution in [1.29, 1.82) is 0 Å². The molecule has 0 atom stereocenters. The molecule has 0 aliphatic carbocycles. The van der Waals surface area contributed by atoms with Crippen molar-refractivity contribution in [3.8, 4) is 5.75 Å². The highest BCUT2D eigenvalue weighted by Crippen LogP contribution is 2.13. The zero-order valence-electron chi connectivity index (χ0n) is 7.57. The van der Waals surface area contributed by atoms with Gasteiger partial charge in [-0.2, -0.15) is 0 Å². The highest BCUT2D eigenvalue weighted by molar-refractivity contribution is 5.51. The van der Waals surface area contributed by atoms with Crippen LogP contribution in [0.25, 0.3) is 6.08 Å². The monoisotopic (exact) mass is 179 g/mol. The summed E-state index contributed by atoms with van der Waals surface area (Å²) < 4.78 is 5.07. The van der Waals surface area contributed by atoms with Crippen molar-refractivity contribution in [3.05, 3.63) is 35.9 Å². The Bertz CT molecular complexity index is 284. The molecule has 13 heavy (non-hydrogen) atoms. The molecule has 0 heterocycles. The van der Waals surface area contributed by atoms with Crippen LogP contribution in [-0.2, 0) is 4.84 Å². The Kier molecular flexibility index (Phi) is 4.02. The Morgan fingerprint density at radius 3 is 3.00 bits per heavy atom. The third-order valence-electron chi connectivity index (χ3n) is 1.60. The van der Waals surface area contributed by atoms with Crippen LogP contribution in [0.15, 0.2) is 30.3 Å². The largest absolute Gasteiger partial charge is 0.497 e. The van der Waals surface area contributed by atoms with Gasteiger partial charge in [-0.05, 0) is 17.7 Å². The number of nitrogens with two attached hydrogens (primary N) is 1. The minimum atomic E-state index is 0.414. The Hall–Kier alpha value is -1.32. The molecule has 0 unspecified atom stereocenters. The molecule has 0 amide bonds. The fourth-order valence-electron chi connectivity index (χ4n) is 0.985. The summed E-state index contributed by atoms with van der Waals surface area (Å²) in [7, 11) is 1.64. The third-order valence-corrected chi connectivity index (χ3v) is 1.60. The lowest BCUT2D eigenvalue weighted by Crippen LogP contribution is -1.96. The number of benzene rings is 1. The average molecular weight is 179 g/mol. The molecule has 1 aromatic rings. The van der Waals surface area contributed by atoms with Gasteiger partial charge in [-0.25, -0.2) is 5.90 Å². The van der Waals surface area contributed by atoms with Crippen LogP contribution in [0.3, 0.4) is 0 Å². The lowest BCUT2D eigenvalue weighted by atomic mass is 10.2. The van der Waals surface area contributed by atoms with Gasteiger partial charge in [0, 0.05) is 0 Å². The highest BCUT2D eigenvalue weighted by atomic mass is 16.6.